The molecule has 1 aliphatic rings. The number of nitrogens with one attached hydrogen (secondary N) is 2. The van der Waals surface area contributed by atoms with E-state index in [-0.39, 0.29) is 19.0 Å². The molecule has 140 valence electrons. The van der Waals surface area contributed by atoms with E-state index >= 15 is 0 Å². The van der Waals surface area contributed by atoms with Crippen molar-refractivity contribution >= 4 is 38.9 Å². The first-order chi connectivity index (χ1) is 13.2. The molecule has 0 radical (unpaired) electrons. The van der Waals surface area contributed by atoms with Crippen LogP contribution in [0.3, 0.4) is 0 Å². The molecule has 0 unspecified atom stereocenters. The molecule has 1 aromatic heterocycles. The van der Waals surface area contributed by atoms with E-state index in [9.17, 15) is 9.18 Å². The topological polar surface area (TPSA) is 83.5 Å². The molecule has 1 aliphatic carbocycles. The fourth-order valence-corrected chi connectivity index (χ4v) is 3.65. The van der Waals surface area contributed by atoms with Crippen LogP contribution >= 0.6 is 11.5 Å². The van der Waals surface area contributed by atoms with Gasteiger partial charge in [0.25, 0.3) is 5.91 Å². The molecule has 0 saturated heterocycles. The summed E-state index contributed by atoms with van der Waals surface area (Å²) in [6, 6.07) is 8.58. The SMILES string of the molecule is O=C(NOCCO)c1ccc2cnsc2c1Nc1ccc(C2CC2)cc1F. The molecular formula is C19H18FN3O3S. The number of fused-ring (bicyclic) bond motifs is 1. The zero-order chi connectivity index (χ0) is 18.8. The van der Waals surface area contributed by atoms with E-state index in [1.807, 2.05) is 6.07 Å². The average Bonchev–Trinajstić information content (AvgIpc) is 3.40. The summed E-state index contributed by atoms with van der Waals surface area (Å²) in [5.74, 6) is -0.386. The number of benzene rings is 2. The number of aromatic nitrogens is 1. The molecule has 3 N–H and O–H groups in total. The number of hydroxylamine groups is 1. The van der Waals surface area contributed by atoms with E-state index in [2.05, 4.69) is 15.2 Å². The van der Waals surface area contributed by atoms with E-state index < -0.39 is 5.91 Å². The van der Waals surface area contributed by atoms with Crippen LogP contribution in [0.2, 0.25) is 0 Å². The lowest BCUT2D eigenvalue weighted by Crippen LogP contribution is -2.25. The average molecular weight is 387 g/mol. The molecule has 1 amide bonds. The quantitative estimate of drug-likeness (QED) is 0.425. The Kier molecular flexibility index (Phi) is 5.02. The molecule has 0 atom stereocenters. The van der Waals surface area contributed by atoms with Crippen molar-refractivity contribution in [1.82, 2.24) is 9.85 Å². The number of rotatable bonds is 7. The first-order valence-corrected chi connectivity index (χ1v) is 9.41. The zero-order valence-electron chi connectivity index (χ0n) is 14.4. The lowest BCUT2D eigenvalue weighted by atomic mass is 10.1. The molecule has 1 fully saturated rings. The Bertz CT molecular complexity index is 987. The molecule has 1 saturated carbocycles. The van der Waals surface area contributed by atoms with Gasteiger partial charge in [-0.15, -0.1) is 0 Å². The number of carbonyl (C=O) groups excluding carboxylic acids is 1. The Balaban J connectivity index is 1.67. The number of nitrogens with zero attached hydrogens (tertiary/aromatic N) is 1. The fourth-order valence-electron chi connectivity index (χ4n) is 2.90. The summed E-state index contributed by atoms with van der Waals surface area (Å²) in [4.78, 5) is 17.4. The molecule has 0 bridgehead atoms. The standard InChI is InChI=1S/C19H18FN3O3S/c20-15-9-12(11-1-2-11)4-6-16(15)22-17-14(19(25)23-26-8-7-24)5-3-13-10-21-27-18(13)17/h3-6,9-11,22,24H,1-2,7-8H2,(H,23,25). The van der Waals surface area contributed by atoms with Crippen LogP contribution in [0.4, 0.5) is 15.8 Å². The van der Waals surface area contributed by atoms with Gasteiger partial charge in [-0.05, 0) is 54.1 Å². The van der Waals surface area contributed by atoms with E-state index in [4.69, 9.17) is 9.94 Å². The molecule has 27 heavy (non-hydrogen) atoms. The molecule has 6 nitrogen and oxygen atoms in total. The van der Waals surface area contributed by atoms with Crippen molar-refractivity contribution in [3.8, 4) is 0 Å². The second-order valence-electron chi connectivity index (χ2n) is 6.37. The van der Waals surface area contributed by atoms with Gasteiger partial charge in [0, 0.05) is 11.6 Å². The van der Waals surface area contributed by atoms with Crippen molar-refractivity contribution in [3.63, 3.8) is 0 Å². The number of halogens is 1. The first-order valence-electron chi connectivity index (χ1n) is 8.64. The molecule has 8 heteroatoms. The lowest BCUT2D eigenvalue weighted by Gasteiger charge is -2.14. The van der Waals surface area contributed by atoms with Gasteiger partial charge in [-0.25, -0.2) is 9.87 Å². The first kappa shape index (κ1) is 17.8. The van der Waals surface area contributed by atoms with E-state index in [1.54, 1.807) is 30.5 Å². The van der Waals surface area contributed by atoms with Crippen LogP contribution in [0.15, 0.2) is 36.5 Å². The second kappa shape index (κ2) is 7.59. The van der Waals surface area contributed by atoms with Crippen molar-refractivity contribution in [3.05, 3.63) is 53.5 Å². The minimum absolute atomic E-state index is 0.0193. The molecule has 3 aromatic rings. The molecule has 0 spiro atoms. The van der Waals surface area contributed by atoms with Crippen LogP contribution < -0.4 is 10.8 Å². The Morgan fingerprint density at radius 2 is 2.19 bits per heavy atom. The monoisotopic (exact) mass is 387 g/mol. The van der Waals surface area contributed by atoms with Gasteiger partial charge >= 0.3 is 0 Å². The molecular weight excluding hydrogens is 369 g/mol. The maximum Gasteiger partial charge on any atom is 0.277 e. The summed E-state index contributed by atoms with van der Waals surface area (Å²) in [6.45, 7) is -0.230. The normalized spacial score (nSPS) is 13.7. The summed E-state index contributed by atoms with van der Waals surface area (Å²) in [5.41, 5.74) is 4.35. The maximum absolute atomic E-state index is 14.6. The zero-order valence-corrected chi connectivity index (χ0v) is 15.2. The van der Waals surface area contributed by atoms with Crippen LogP contribution in [0, 0.1) is 5.82 Å². The van der Waals surface area contributed by atoms with Crippen LogP contribution in [0.5, 0.6) is 0 Å². The molecule has 2 aromatic carbocycles. The summed E-state index contributed by atoms with van der Waals surface area (Å²) >= 11 is 1.22. The van der Waals surface area contributed by atoms with Gasteiger partial charge in [0.1, 0.15) is 5.82 Å². The third kappa shape index (κ3) is 3.78. The third-order valence-corrected chi connectivity index (χ3v) is 5.26. The van der Waals surface area contributed by atoms with Crippen molar-refractivity contribution in [2.75, 3.05) is 18.5 Å². The highest BCUT2D eigenvalue weighted by Gasteiger charge is 2.24. The van der Waals surface area contributed by atoms with Crippen molar-refractivity contribution in [1.29, 1.82) is 0 Å². The van der Waals surface area contributed by atoms with Gasteiger partial charge in [-0.2, -0.15) is 4.37 Å². The highest BCUT2D eigenvalue weighted by atomic mass is 32.1. The van der Waals surface area contributed by atoms with Gasteiger partial charge < -0.3 is 10.4 Å². The third-order valence-electron chi connectivity index (χ3n) is 4.43. The highest BCUT2D eigenvalue weighted by Crippen LogP contribution is 2.41. The predicted octanol–water partition coefficient (Wildman–Crippen LogP) is 3.71. The van der Waals surface area contributed by atoms with Crippen molar-refractivity contribution in [2.45, 2.75) is 18.8 Å². The highest BCUT2D eigenvalue weighted by molar-refractivity contribution is 7.14. The Hall–Kier alpha value is -2.55. The second-order valence-corrected chi connectivity index (χ2v) is 7.18. The minimum atomic E-state index is -0.490. The number of anilines is 2. The number of aliphatic hydroxyl groups is 1. The summed E-state index contributed by atoms with van der Waals surface area (Å²) in [5, 5.41) is 12.7. The van der Waals surface area contributed by atoms with Gasteiger partial charge in [0.15, 0.2) is 0 Å². The summed E-state index contributed by atoms with van der Waals surface area (Å²) in [6.07, 6.45) is 3.90. The smallest absolute Gasteiger partial charge is 0.277 e. The van der Waals surface area contributed by atoms with Crippen LogP contribution in [0.25, 0.3) is 10.1 Å². The fraction of sp³-hybridized carbons (Fsp3) is 0.263. The van der Waals surface area contributed by atoms with Crippen LogP contribution in [-0.4, -0.2) is 28.6 Å². The number of carbonyl (C=O) groups is 1. The lowest BCUT2D eigenvalue weighted by molar-refractivity contribution is 0.0169. The maximum atomic E-state index is 14.6. The number of hydrogen-bond donors (Lipinski definition) is 3. The molecule has 4 rings (SSSR count). The van der Waals surface area contributed by atoms with Crippen molar-refractivity contribution < 1.29 is 19.1 Å². The van der Waals surface area contributed by atoms with E-state index in [0.29, 0.717) is 22.9 Å². The number of hydrogen-bond acceptors (Lipinski definition) is 6. The van der Waals surface area contributed by atoms with Gasteiger partial charge in [0.05, 0.1) is 34.9 Å². The molecule has 1 heterocycles. The van der Waals surface area contributed by atoms with Gasteiger partial charge in [-0.1, -0.05) is 12.1 Å². The Labute approximate surface area is 159 Å². The Morgan fingerprint density at radius 1 is 1.33 bits per heavy atom. The number of amides is 1. The van der Waals surface area contributed by atoms with E-state index in [0.717, 1.165) is 28.5 Å². The summed E-state index contributed by atoms with van der Waals surface area (Å²) in [7, 11) is 0. The number of aliphatic hydroxyl groups excluding tert-OH is 1. The minimum Gasteiger partial charge on any atom is -0.394 e. The van der Waals surface area contributed by atoms with Gasteiger partial charge in [-0.3, -0.25) is 9.63 Å². The van der Waals surface area contributed by atoms with Crippen molar-refractivity contribution in [2.24, 2.45) is 0 Å². The van der Waals surface area contributed by atoms with Crippen LogP contribution in [0.1, 0.15) is 34.7 Å². The summed E-state index contributed by atoms with van der Waals surface area (Å²) < 4.78 is 19.5. The molecule has 0 aliphatic heterocycles. The van der Waals surface area contributed by atoms with Gasteiger partial charge in [0.2, 0.25) is 0 Å². The van der Waals surface area contributed by atoms with Crippen LogP contribution in [-0.2, 0) is 4.84 Å². The largest absolute Gasteiger partial charge is 0.394 e. The Morgan fingerprint density at radius 3 is 2.93 bits per heavy atom. The van der Waals surface area contributed by atoms with E-state index in [1.165, 1.54) is 11.5 Å². The predicted molar refractivity (Wildman–Crippen MR) is 102 cm³/mol.